The number of hydrogen-bond acceptors (Lipinski definition) is 4. The first-order valence-electron chi connectivity index (χ1n) is 10.6. The molecule has 0 aliphatic carbocycles. The maximum absolute atomic E-state index is 13.3. The minimum absolute atomic E-state index is 0.136. The number of aryl methyl sites for hydroxylation is 1. The van der Waals surface area contributed by atoms with Gasteiger partial charge in [0.15, 0.2) is 0 Å². The van der Waals surface area contributed by atoms with Gasteiger partial charge in [-0.15, -0.1) is 0 Å². The number of carbonyl (C=O) groups excluding carboxylic acids is 1. The number of nitrogens with zero attached hydrogens (tertiary/aromatic N) is 1. The van der Waals surface area contributed by atoms with Crippen molar-refractivity contribution in [3.8, 4) is 5.75 Å². The van der Waals surface area contributed by atoms with E-state index in [0.29, 0.717) is 12.3 Å². The van der Waals surface area contributed by atoms with Crippen LogP contribution in [-0.2, 0) is 27.8 Å². The fraction of sp³-hybridized carbons (Fsp3) is 0.240. The molecule has 0 bridgehead atoms. The van der Waals surface area contributed by atoms with Gasteiger partial charge in [0, 0.05) is 6.54 Å². The van der Waals surface area contributed by atoms with Crippen LogP contribution in [-0.4, -0.2) is 27.5 Å². The van der Waals surface area contributed by atoms with Gasteiger partial charge in [0.2, 0.25) is 5.91 Å². The lowest BCUT2D eigenvalue weighted by molar-refractivity contribution is -0.119. The summed E-state index contributed by atoms with van der Waals surface area (Å²) in [6.07, 6.45) is 0.840. The van der Waals surface area contributed by atoms with Crippen LogP contribution in [0.1, 0.15) is 25.0 Å². The molecule has 3 aromatic rings. The monoisotopic (exact) mass is 452 g/mol. The van der Waals surface area contributed by atoms with Gasteiger partial charge in [0.05, 0.1) is 17.2 Å². The number of benzene rings is 3. The summed E-state index contributed by atoms with van der Waals surface area (Å²) in [6, 6.07) is 22.8. The van der Waals surface area contributed by atoms with E-state index in [9.17, 15) is 13.2 Å². The highest BCUT2D eigenvalue weighted by Gasteiger charge is 2.27. The number of sulfonamides is 1. The molecule has 168 valence electrons. The predicted molar refractivity (Wildman–Crippen MR) is 126 cm³/mol. The lowest BCUT2D eigenvalue weighted by atomic mass is 10.1. The first-order chi connectivity index (χ1) is 15.4. The highest BCUT2D eigenvalue weighted by atomic mass is 32.2. The number of hydrogen-bond donors (Lipinski definition) is 1. The van der Waals surface area contributed by atoms with Gasteiger partial charge in [-0.3, -0.25) is 9.10 Å². The maximum atomic E-state index is 13.3. The summed E-state index contributed by atoms with van der Waals surface area (Å²) in [4.78, 5) is 12.9. The van der Waals surface area contributed by atoms with Crippen molar-refractivity contribution in [3.63, 3.8) is 0 Å². The summed E-state index contributed by atoms with van der Waals surface area (Å²) < 4.78 is 33.3. The second kappa shape index (κ2) is 10.8. The van der Waals surface area contributed by atoms with Crippen LogP contribution in [0.2, 0.25) is 0 Å². The average Bonchev–Trinajstić information content (AvgIpc) is 2.82. The van der Waals surface area contributed by atoms with Crippen LogP contribution >= 0.6 is 0 Å². The molecule has 0 spiro atoms. The summed E-state index contributed by atoms with van der Waals surface area (Å²) in [5.41, 5.74) is 2.40. The van der Waals surface area contributed by atoms with Crippen molar-refractivity contribution in [2.45, 2.75) is 31.7 Å². The van der Waals surface area contributed by atoms with Crippen LogP contribution in [0.15, 0.2) is 83.8 Å². The molecule has 0 unspecified atom stereocenters. The first-order valence-corrected chi connectivity index (χ1v) is 12.0. The van der Waals surface area contributed by atoms with Crippen molar-refractivity contribution in [2.75, 3.05) is 17.5 Å². The van der Waals surface area contributed by atoms with Gasteiger partial charge in [-0.05, 0) is 60.9 Å². The van der Waals surface area contributed by atoms with Crippen LogP contribution in [0.3, 0.4) is 0 Å². The van der Waals surface area contributed by atoms with Gasteiger partial charge in [-0.25, -0.2) is 8.42 Å². The second-order valence-electron chi connectivity index (χ2n) is 7.20. The summed E-state index contributed by atoms with van der Waals surface area (Å²) in [6.45, 7) is 4.44. The molecule has 0 saturated carbocycles. The van der Waals surface area contributed by atoms with Crippen molar-refractivity contribution in [3.05, 3.63) is 90.0 Å². The Kier molecular flexibility index (Phi) is 7.89. The van der Waals surface area contributed by atoms with Crippen molar-refractivity contribution < 1.29 is 17.9 Å². The Hall–Kier alpha value is -3.32. The molecular formula is C25H28N2O4S. The number of ether oxygens (including phenoxy) is 1. The fourth-order valence-corrected chi connectivity index (χ4v) is 4.67. The molecule has 6 nitrogen and oxygen atoms in total. The lowest BCUT2D eigenvalue weighted by Crippen LogP contribution is -2.40. The van der Waals surface area contributed by atoms with E-state index in [2.05, 4.69) is 5.32 Å². The zero-order valence-electron chi connectivity index (χ0n) is 18.3. The van der Waals surface area contributed by atoms with Gasteiger partial charge in [-0.1, -0.05) is 49.4 Å². The van der Waals surface area contributed by atoms with Gasteiger partial charge in [0.1, 0.15) is 12.3 Å². The van der Waals surface area contributed by atoms with E-state index in [1.54, 1.807) is 30.3 Å². The molecule has 0 aromatic heterocycles. The van der Waals surface area contributed by atoms with E-state index < -0.39 is 15.9 Å². The van der Waals surface area contributed by atoms with E-state index in [1.165, 1.54) is 12.1 Å². The van der Waals surface area contributed by atoms with Gasteiger partial charge in [0.25, 0.3) is 10.0 Å². The summed E-state index contributed by atoms with van der Waals surface area (Å²) in [5, 5.41) is 2.81. The van der Waals surface area contributed by atoms with Crippen molar-refractivity contribution in [1.29, 1.82) is 0 Å². The third kappa shape index (κ3) is 5.88. The molecule has 1 N–H and O–H groups in total. The molecule has 0 aliphatic rings. The number of nitrogens with one attached hydrogen (secondary N) is 1. The zero-order chi connectivity index (χ0) is 23.0. The predicted octanol–water partition coefficient (Wildman–Crippen LogP) is 4.16. The molecule has 3 aromatic carbocycles. The molecule has 0 saturated heterocycles. The largest absolute Gasteiger partial charge is 0.494 e. The number of rotatable bonds is 10. The van der Waals surface area contributed by atoms with Crippen LogP contribution in [0, 0.1) is 0 Å². The van der Waals surface area contributed by atoms with Crippen molar-refractivity contribution in [2.24, 2.45) is 0 Å². The zero-order valence-corrected chi connectivity index (χ0v) is 19.1. The average molecular weight is 453 g/mol. The Bertz CT molecular complexity index is 1130. The molecule has 7 heteroatoms. The minimum Gasteiger partial charge on any atom is -0.494 e. The molecule has 32 heavy (non-hydrogen) atoms. The van der Waals surface area contributed by atoms with Crippen LogP contribution < -0.4 is 14.4 Å². The number of amides is 1. The van der Waals surface area contributed by atoms with Crippen LogP contribution in [0.5, 0.6) is 5.75 Å². The Morgan fingerprint density at radius 1 is 0.906 bits per heavy atom. The molecule has 0 heterocycles. The molecule has 0 atom stereocenters. The van der Waals surface area contributed by atoms with Gasteiger partial charge < -0.3 is 10.1 Å². The molecule has 0 aliphatic heterocycles. The van der Waals surface area contributed by atoms with Crippen molar-refractivity contribution >= 4 is 21.6 Å². The molecule has 0 radical (unpaired) electrons. The van der Waals surface area contributed by atoms with E-state index in [4.69, 9.17) is 4.74 Å². The lowest BCUT2D eigenvalue weighted by Gasteiger charge is -2.24. The van der Waals surface area contributed by atoms with E-state index >= 15 is 0 Å². The Morgan fingerprint density at radius 2 is 1.62 bits per heavy atom. The quantitative estimate of drug-likeness (QED) is 0.501. The third-order valence-electron chi connectivity index (χ3n) is 4.95. The van der Waals surface area contributed by atoms with Gasteiger partial charge >= 0.3 is 0 Å². The minimum atomic E-state index is -3.91. The van der Waals surface area contributed by atoms with E-state index in [0.717, 1.165) is 27.6 Å². The molecule has 3 rings (SSSR count). The topological polar surface area (TPSA) is 75.7 Å². The van der Waals surface area contributed by atoms with Crippen LogP contribution in [0.4, 0.5) is 5.69 Å². The summed E-state index contributed by atoms with van der Waals surface area (Å²) in [7, 11) is -3.91. The van der Waals surface area contributed by atoms with Crippen molar-refractivity contribution in [1.82, 2.24) is 5.32 Å². The summed E-state index contributed by atoms with van der Waals surface area (Å²) >= 11 is 0. The SMILES string of the molecule is CCOc1cccc(CNC(=O)CN(c2ccc(CC)cc2)S(=O)(=O)c2ccccc2)c1. The fourth-order valence-electron chi connectivity index (χ4n) is 3.23. The standard InChI is InChI=1S/C25H28N2O4S/c1-3-20-13-15-22(16-14-20)27(32(29,30)24-11-6-5-7-12-24)19-25(28)26-18-21-9-8-10-23(17-21)31-4-2/h5-17H,3-4,18-19H2,1-2H3,(H,26,28). The second-order valence-corrected chi connectivity index (χ2v) is 9.06. The normalized spacial score (nSPS) is 11.1. The number of carbonyl (C=O) groups is 1. The highest BCUT2D eigenvalue weighted by molar-refractivity contribution is 7.92. The number of anilines is 1. The third-order valence-corrected chi connectivity index (χ3v) is 6.74. The van der Waals surface area contributed by atoms with Crippen LogP contribution in [0.25, 0.3) is 0 Å². The maximum Gasteiger partial charge on any atom is 0.264 e. The molecular weight excluding hydrogens is 424 g/mol. The Labute approximate surface area is 189 Å². The molecule has 1 amide bonds. The smallest absolute Gasteiger partial charge is 0.264 e. The molecule has 0 fully saturated rings. The van der Waals surface area contributed by atoms with E-state index in [-0.39, 0.29) is 18.0 Å². The summed E-state index contributed by atoms with van der Waals surface area (Å²) in [5.74, 6) is 0.328. The van der Waals surface area contributed by atoms with E-state index in [1.807, 2.05) is 50.2 Å². The van der Waals surface area contributed by atoms with Gasteiger partial charge in [-0.2, -0.15) is 0 Å². The Morgan fingerprint density at radius 3 is 2.28 bits per heavy atom. The first kappa shape index (κ1) is 23.3. The highest BCUT2D eigenvalue weighted by Crippen LogP contribution is 2.24. The Balaban J connectivity index is 1.80.